The number of rotatable bonds is 6. The lowest BCUT2D eigenvalue weighted by Crippen LogP contribution is -2.05. The van der Waals surface area contributed by atoms with Gasteiger partial charge in [0.2, 0.25) is 0 Å². The van der Waals surface area contributed by atoms with Gasteiger partial charge in [0.1, 0.15) is 12.4 Å². The maximum Gasteiger partial charge on any atom is 0.416 e. The summed E-state index contributed by atoms with van der Waals surface area (Å²) in [5.74, 6) is 0.536. The normalized spacial score (nSPS) is 11.6. The van der Waals surface area contributed by atoms with Gasteiger partial charge in [-0.3, -0.25) is 5.43 Å². The lowest BCUT2D eigenvalue weighted by molar-refractivity contribution is -0.137. The van der Waals surface area contributed by atoms with Crippen molar-refractivity contribution in [3.8, 4) is 5.75 Å². The lowest BCUT2D eigenvalue weighted by Gasteiger charge is -2.09. The number of ether oxygens (including phenoxy) is 1. The highest BCUT2D eigenvalue weighted by Crippen LogP contribution is 2.30. The average molecular weight is 405 g/mol. The Hall–Kier alpha value is -2.99. The number of benzene rings is 3. The van der Waals surface area contributed by atoms with Gasteiger partial charge in [-0.05, 0) is 47.5 Å². The zero-order chi connectivity index (χ0) is 20.0. The van der Waals surface area contributed by atoms with Crippen LogP contribution in [-0.2, 0) is 12.8 Å². The Morgan fingerprint density at radius 3 is 2.46 bits per heavy atom. The molecule has 3 aromatic rings. The molecule has 0 aliphatic carbocycles. The van der Waals surface area contributed by atoms with Gasteiger partial charge in [0.25, 0.3) is 0 Å². The molecule has 3 aromatic carbocycles. The molecule has 1 N–H and O–H groups in total. The van der Waals surface area contributed by atoms with E-state index in [0.717, 1.165) is 17.7 Å². The number of anilines is 1. The Morgan fingerprint density at radius 1 is 0.964 bits per heavy atom. The van der Waals surface area contributed by atoms with Crippen molar-refractivity contribution < 1.29 is 17.9 Å². The van der Waals surface area contributed by atoms with Crippen molar-refractivity contribution in [3.05, 3.63) is 94.5 Å². The predicted molar refractivity (Wildman–Crippen MR) is 105 cm³/mol. The zero-order valence-corrected chi connectivity index (χ0v) is 15.3. The van der Waals surface area contributed by atoms with E-state index in [2.05, 4.69) is 10.5 Å². The number of nitrogens with zero attached hydrogens (tertiary/aromatic N) is 1. The number of hydrogen-bond donors (Lipinski definition) is 1. The maximum absolute atomic E-state index is 12.7. The van der Waals surface area contributed by atoms with Crippen molar-refractivity contribution in [2.24, 2.45) is 5.10 Å². The first-order valence-corrected chi connectivity index (χ1v) is 8.72. The van der Waals surface area contributed by atoms with Gasteiger partial charge in [-0.1, -0.05) is 48.0 Å². The van der Waals surface area contributed by atoms with Crippen LogP contribution in [0.1, 0.15) is 16.7 Å². The Bertz CT molecular complexity index is 959. The van der Waals surface area contributed by atoms with Crippen LogP contribution in [0.15, 0.2) is 77.9 Å². The largest absolute Gasteiger partial charge is 0.487 e. The van der Waals surface area contributed by atoms with E-state index >= 15 is 0 Å². The van der Waals surface area contributed by atoms with Crippen molar-refractivity contribution in [3.63, 3.8) is 0 Å². The van der Waals surface area contributed by atoms with E-state index in [1.165, 1.54) is 18.3 Å². The summed E-state index contributed by atoms with van der Waals surface area (Å²) < 4.78 is 43.8. The number of nitrogens with one attached hydrogen (secondary N) is 1. The summed E-state index contributed by atoms with van der Waals surface area (Å²) >= 11 is 6.23. The SMILES string of the molecule is FC(F)(F)c1cccc(NN=Cc2ccc(OCc3ccccc3)c(Cl)c2)c1. The molecule has 28 heavy (non-hydrogen) atoms. The molecule has 7 heteroatoms. The summed E-state index contributed by atoms with van der Waals surface area (Å²) in [7, 11) is 0. The first-order valence-electron chi connectivity index (χ1n) is 8.34. The van der Waals surface area contributed by atoms with Crippen LogP contribution in [0.3, 0.4) is 0 Å². The van der Waals surface area contributed by atoms with E-state index in [1.807, 2.05) is 30.3 Å². The van der Waals surface area contributed by atoms with Crippen LogP contribution in [0.2, 0.25) is 5.02 Å². The van der Waals surface area contributed by atoms with Gasteiger partial charge in [-0.15, -0.1) is 0 Å². The van der Waals surface area contributed by atoms with Crippen LogP contribution in [0.4, 0.5) is 18.9 Å². The second-order valence-electron chi connectivity index (χ2n) is 5.91. The van der Waals surface area contributed by atoms with Gasteiger partial charge < -0.3 is 4.74 Å². The van der Waals surface area contributed by atoms with Crippen molar-refractivity contribution in [1.82, 2.24) is 0 Å². The average Bonchev–Trinajstić information content (AvgIpc) is 2.68. The van der Waals surface area contributed by atoms with Crippen LogP contribution >= 0.6 is 11.6 Å². The first-order chi connectivity index (χ1) is 13.4. The van der Waals surface area contributed by atoms with Crippen molar-refractivity contribution in [1.29, 1.82) is 0 Å². The molecule has 0 spiro atoms. The Balaban J connectivity index is 1.61. The predicted octanol–water partition coefficient (Wildman–Crippen LogP) is 6.38. The highest BCUT2D eigenvalue weighted by Gasteiger charge is 2.30. The summed E-state index contributed by atoms with van der Waals surface area (Å²) in [5.41, 5.74) is 3.78. The van der Waals surface area contributed by atoms with Crippen LogP contribution in [-0.4, -0.2) is 6.21 Å². The number of alkyl halides is 3. The third-order valence-electron chi connectivity index (χ3n) is 3.79. The standard InChI is InChI=1S/C21H16ClF3N2O/c22-19-11-16(9-10-20(19)28-14-15-5-2-1-3-6-15)13-26-27-18-8-4-7-17(12-18)21(23,24)25/h1-13,27H,14H2. The summed E-state index contributed by atoms with van der Waals surface area (Å²) in [5, 5.41) is 4.37. The molecule has 0 bridgehead atoms. The molecule has 0 saturated carbocycles. The number of hydrogen-bond acceptors (Lipinski definition) is 3. The summed E-state index contributed by atoms with van der Waals surface area (Å²) in [6.45, 7) is 0.394. The minimum atomic E-state index is -4.40. The fourth-order valence-corrected chi connectivity index (χ4v) is 2.64. The maximum atomic E-state index is 12.7. The van der Waals surface area contributed by atoms with Gasteiger partial charge in [0.05, 0.1) is 22.5 Å². The highest BCUT2D eigenvalue weighted by atomic mass is 35.5. The number of hydrazone groups is 1. The topological polar surface area (TPSA) is 33.6 Å². The van der Waals surface area contributed by atoms with E-state index in [9.17, 15) is 13.2 Å². The summed E-state index contributed by atoms with van der Waals surface area (Å²) in [6, 6.07) is 19.6. The van der Waals surface area contributed by atoms with Gasteiger partial charge in [-0.25, -0.2) is 0 Å². The number of halogens is 4. The zero-order valence-electron chi connectivity index (χ0n) is 14.6. The second-order valence-corrected chi connectivity index (χ2v) is 6.32. The monoisotopic (exact) mass is 404 g/mol. The van der Waals surface area contributed by atoms with Crippen LogP contribution in [0, 0.1) is 0 Å². The molecule has 0 unspecified atom stereocenters. The van der Waals surface area contributed by atoms with Gasteiger partial charge in [0, 0.05) is 0 Å². The fourth-order valence-electron chi connectivity index (χ4n) is 2.40. The summed E-state index contributed by atoms with van der Waals surface area (Å²) in [4.78, 5) is 0. The molecule has 0 radical (unpaired) electrons. The molecule has 0 aliphatic heterocycles. The van der Waals surface area contributed by atoms with Crippen molar-refractivity contribution in [2.75, 3.05) is 5.43 Å². The van der Waals surface area contributed by atoms with Gasteiger partial charge in [0.15, 0.2) is 0 Å². The molecule has 3 rings (SSSR count). The first kappa shape index (κ1) is 19.8. The molecular weight excluding hydrogens is 389 g/mol. The van der Waals surface area contributed by atoms with Crippen molar-refractivity contribution in [2.45, 2.75) is 12.8 Å². The van der Waals surface area contributed by atoms with Gasteiger partial charge in [-0.2, -0.15) is 18.3 Å². The van der Waals surface area contributed by atoms with E-state index in [1.54, 1.807) is 18.2 Å². The molecule has 0 heterocycles. The molecule has 0 aromatic heterocycles. The van der Waals surface area contributed by atoms with Gasteiger partial charge >= 0.3 is 6.18 Å². The molecule has 0 fully saturated rings. The van der Waals surface area contributed by atoms with E-state index in [-0.39, 0.29) is 5.69 Å². The quantitative estimate of drug-likeness (QED) is 0.382. The van der Waals surface area contributed by atoms with Crippen LogP contribution < -0.4 is 10.2 Å². The van der Waals surface area contributed by atoms with Crippen LogP contribution in [0.25, 0.3) is 0 Å². The molecule has 0 amide bonds. The summed E-state index contributed by atoms with van der Waals surface area (Å²) in [6.07, 6.45) is -2.93. The molecular formula is C21H16ClF3N2O. The second kappa shape index (κ2) is 8.80. The van der Waals surface area contributed by atoms with E-state index in [0.29, 0.717) is 22.9 Å². The Morgan fingerprint density at radius 2 is 1.75 bits per heavy atom. The molecule has 0 atom stereocenters. The minimum absolute atomic E-state index is 0.236. The highest BCUT2D eigenvalue weighted by molar-refractivity contribution is 6.32. The molecule has 3 nitrogen and oxygen atoms in total. The van der Waals surface area contributed by atoms with Crippen molar-refractivity contribution >= 4 is 23.5 Å². The molecule has 0 saturated heterocycles. The fraction of sp³-hybridized carbons (Fsp3) is 0.0952. The molecule has 144 valence electrons. The van der Waals surface area contributed by atoms with E-state index < -0.39 is 11.7 Å². The van der Waals surface area contributed by atoms with Crippen LogP contribution in [0.5, 0.6) is 5.75 Å². The smallest absolute Gasteiger partial charge is 0.416 e. The molecule has 0 aliphatic rings. The third-order valence-corrected chi connectivity index (χ3v) is 4.09. The lowest BCUT2D eigenvalue weighted by atomic mass is 10.2. The Labute approximate surface area is 165 Å². The third kappa shape index (κ3) is 5.50. The van der Waals surface area contributed by atoms with E-state index in [4.69, 9.17) is 16.3 Å². The Kier molecular flexibility index (Phi) is 6.21. The minimum Gasteiger partial charge on any atom is -0.487 e.